The number of nitrogens with zero attached hydrogens (tertiary/aromatic N) is 1. The van der Waals surface area contributed by atoms with Crippen LogP contribution < -0.4 is 0 Å². The second kappa shape index (κ2) is 6.70. The van der Waals surface area contributed by atoms with E-state index in [0.717, 1.165) is 0 Å². The minimum Gasteiger partial charge on any atom is -0.469 e. The number of carbonyl (C=O) groups is 1. The number of hydrogen-bond donors (Lipinski definition) is 0. The van der Waals surface area contributed by atoms with Gasteiger partial charge in [0.1, 0.15) is 0 Å². The van der Waals surface area contributed by atoms with E-state index in [9.17, 15) is 4.79 Å². The van der Waals surface area contributed by atoms with E-state index < -0.39 is 0 Å². The van der Waals surface area contributed by atoms with Crippen LogP contribution in [0.15, 0.2) is 0 Å². The third kappa shape index (κ3) is 5.30. The Balaban J connectivity index is 3.42. The van der Waals surface area contributed by atoms with Crippen LogP contribution in [0.25, 0.3) is 0 Å². The highest BCUT2D eigenvalue weighted by Gasteiger charge is 2.04. The number of methoxy groups -OCH3 is 1. The standard InChI is InChI=1S/C6H11Cl2NO2/c1-11-6(10)2-3-9(4-7)5-8/h2-5H2,1H3. The number of alkyl halides is 2. The second-order valence-corrected chi connectivity index (χ2v) is 2.44. The van der Waals surface area contributed by atoms with Gasteiger partial charge in [-0.2, -0.15) is 0 Å². The molecule has 0 fully saturated rings. The van der Waals surface area contributed by atoms with Crippen LogP contribution in [-0.2, 0) is 9.53 Å². The van der Waals surface area contributed by atoms with Crippen LogP contribution in [0.5, 0.6) is 0 Å². The van der Waals surface area contributed by atoms with Gasteiger partial charge >= 0.3 is 5.97 Å². The molecule has 0 atom stereocenters. The molecule has 0 rings (SSSR count). The van der Waals surface area contributed by atoms with Crippen molar-refractivity contribution in [1.29, 1.82) is 0 Å². The van der Waals surface area contributed by atoms with Gasteiger partial charge in [-0.1, -0.05) is 0 Å². The van der Waals surface area contributed by atoms with Crippen LogP contribution in [-0.4, -0.2) is 36.5 Å². The van der Waals surface area contributed by atoms with Crippen molar-refractivity contribution in [2.45, 2.75) is 6.42 Å². The van der Waals surface area contributed by atoms with Gasteiger partial charge in [0, 0.05) is 6.54 Å². The van der Waals surface area contributed by atoms with Crippen LogP contribution in [0.2, 0.25) is 0 Å². The Morgan fingerprint density at radius 3 is 2.36 bits per heavy atom. The van der Waals surface area contributed by atoms with Gasteiger partial charge in [-0.05, 0) is 0 Å². The highest BCUT2D eigenvalue weighted by molar-refractivity contribution is 6.19. The molecule has 0 amide bonds. The van der Waals surface area contributed by atoms with E-state index >= 15 is 0 Å². The molecule has 0 radical (unpaired) electrons. The van der Waals surface area contributed by atoms with E-state index in [-0.39, 0.29) is 5.97 Å². The minimum absolute atomic E-state index is 0.245. The molecule has 66 valence electrons. The Hall–Kier alpha value is 0.01000. The number of halogens is 2. The SMILES string of the molecule is COC(=O)CCN(CCl)CCl. The lowest BCUT2D eigenvalue weighted by Gasteiger charge is -2.13. The van der Waals surface area contributed by atoms with Crippen molar-refractivity contribution in [3.63, 3.8) is 0 Å². The summed E-state index contributed by atoms with van der Waals surface area (Å²) in [5.41, 5.74) is 0. The second-order valence-electron chi connectivity index (χ2n) is 1.96. The van der Waals surface area contributed by atoms with E-state index in [4.69, 9.17) is 23.2 Å². The number of esters is 1. The van der Waals surface area contributed by atoms with Crippen molar-refractivity contribution in [3.05, 3.63) is 0 Å². The number of hydrogen-bond acceptors (Lipinski definition) is 3. The summed E-state index contributed by atoms with van der Waals surface area (Å²) in [6.07, 6.45) is 0.329. The zero-order valence-electron chi connectivity index (χ0n) is 6.35. The van der Waals surface area contributed by atoms with Gasteiger partial charge < -0.3 is 4.74 Å². The molecule has 0 bridgehead atoms. The topological polar surface area (TPSA) is 29.5 Å². The molecule has 0 aliphatic carbocycles. The lowest BCUT2D eigenvalue weighted by Crippen LogP contribution is -2.24. The van der Waals surface area contributed by atoms with E-state index in [1.54, 1.807) is 4.90 Å². The van der Waals surface area contributed by atoms with Gasteiger partial charge in [-0.3, -0.25) is 9.69 Å². The van der Waals surface area contributed by atoms with Gasteiger partial charge in [0.05, 0.1) is 25.5 Å². The summed E-state index contributed by atoms with van der Waals surface area (Å²) >= 11 is 11.0. The largest absolute Gasteiger partial charge is 0.469 e. The Kier molecular flexibility index (Phi) is 6.71. The van der Waals surface area contributed by atoms with E-state index in [1.807, 2.05) is 0 Å². The lowest BCUT2D eigenvalue weighted by molar-refractivity contribution is -0.140. The van der Waals surface area contributed by atoms with E-state index in [0.29, 0.717) is 25.0 Å². The van der Waals surface area contributed by atoms with Crippen LogP contribution in [0, 0.1) is 0 Å². The fourth-order valence-corrected chi connectivity index (χ4v) is 0.998. The summed E-state index contributed by atoms with van der Waals surface area (Å²) in [5.74, 6) is -0.245. The van der Waals surface area contributed by atoms with Gasteiger partial charge in [0.2, 0.25) is 0 Å². The lowest BCUT2D eigenvalue weighted by atomic mass is 10.4. The summed E-state index contributed by atoms with van der Waals surface area (Å²) in [6, 6.07) is 0.668. The van der Waals surface area contributed by atoms with Crippen molar-refractivity contribution in [2.75, 3.05) is 25.7 Å². The predicted molar refractivity (Wildman–Crippen MR) is 44.8 cm³/mol. The van der Waals surface area contributed by atoms with Crippen LogP contribution in [0.3, 0.4) is 0 Å². The molecule has 0 spiro atoms. The van der Waals surface area contributed by atoms with Crippen molar-refractivity contribution < 1.29 is 9.53 Å². The minimum atomic E-state index is -0.245. The highest BCUT2D eigenvalue weighted by atomic mass is 35.5. The third-order valence-electron chi connectivity index (χ3n) is 1.20. The first-order valence-electron chi connectivity index (χ1n) is 3.15. The molecule has 0 aromatic rings. The Morgan fingerprint density at radius 2 is 2.00 bits per heavy atom. The van der Waals surface area contributed by atoms with Crippen molar-refractivity contribution in [3.8, 4) is 0 Å². The molecule has 5 heteroatoms. The van der Waals surface area contributed by atoms with Gasteiger partial charge in [0.25, 0.3) is 0 Å². The first-order chi connectivity index (χ1) is 5.24. The molecule has 0 saturated heterocycles. The Labute approximate surface area is 76.2 Å². The van der Waals surface area contributed by atoms with Crippen molar-refractivity contribution in [2.24, 2.45) is 0 Å². The average molecular weight is 200 g/mol. The normalized spacial score (nSPS) is 10.2. The summed E-state index contributed by atoms with van der Waals surface area (Å²) in [6.45, 7) is 0.541. The maximum Gasteiger partial charge on any atom is 0.306 e. The van der Waals surface area contributed by atoms with Gasteiger partial charge in [0.15, 0.2) is 0 Å². The molecule has 0 heterocycles. The molecule has 0 unspecified atom stereocenters. The Bertz CT molecular complexity index is 117. The average Bonchev–Trinajstić information content (AvgIpc) is 2.06. The van der Waals surface area contributed by atoms with Crippen molar-refractivity contribution in [1.82, 2.24) is 4.90 Å². The van der Waals surface area contributed by atoms with Crippen LogP contribution in [0.4, 0.5) is 0 Å². The summed E-state index contributed by atoms with van der Waals surface area (Å²) in [4.78, 5) is 12.3. The predicted octanol–water partition coefficient (Wildman–Crippen LogP) is 1.24. The molecule has 3 nitrogen and oxygen atoms in total. The zero-order valence-corrected chi connectivity index (χ0v) is 7.86. The molecule has 0 aliphatic rings. The molecular formula is C6H11Cl2NO2. The summed E-state index contributed by atoms with van der Waals surface area (Å²) < 4.78 is 4.44. The molecule has 0 N–H and O–H groups in total. The van der Waals surface area contributed by atoms with E-state index in [2.05, 4.69) is 4.74 Å². The van der Waals surface area contributed by atoms with Gasteiger partial charge in [-0.15, -0.1) is 23.2 Å². The quantitative estimate of drug-likeness (QED) is 0.380. The van der Waals surface area contributed by atoms with Crippen LogP contribution in [0.1, 0.15) is 6.42 Å². The molecule has 11 heavy (non-hydrogen) atoms. The molecule has 0 aromatic carbocycles. The summed E-state index contributed by atoms with van der Waals surface area (Å²) in [5, 5.41) is 0. The zero-order chi connectivity index (χ0) is 8.69. The van der Waals surface area contributed by atoms with Gasteiger partial charge in [-0.25, -0.2) is 0 Å². The summed E-state index contributed by atoms with van der Waals surface area (Å²) in [7, 11) is 1.36. The fourth-order valence-electron chi connectivity index (χ4n) is 0.503. The first kappa shape index (κ1) is 11.0. The molecular weight excluding hydrogens is 189 g/mol. The van der Waals surface area contributed by atoms with E-state index in [1.165, 1.54) is 7.11 Å². The van der Waals surface area contributed by atoms with Crippen molar-refractivity contribution >= 4 is 29.2 Å². The Morgan fingerprint density at radius 1 is 1.45 bits per heavy atom. The molecule has 0 aliphatic heterocycles. The van der Waals surface area contributed by atoms with Crippen LogP contribution >= 0.6 is 23.2 Å². The molecule has 0 saturated carbocycles. The monoisotopic (exact) mass is 199 g/mol. The maximum absolute atomic E-state index is 10.6. The smallest absolute Gasteiger partial charge is 0.306 e. The number of rotatable bonds is 5. The first-order valence-corrected chi connectivity index (χ1v) is 4.22. The highest BCUT2D eigenvalue weighted by Crippen LogP contribution is 1.96. The number of carbonyl (C=O) groups excluding carboxylic acids is 1. The number of ether oxygens (including phenoxy) is 1. The fraction of sp³-hybridized carbons (Fsp3) is 0.833. The maximum atomic E-state index is 10.6. The molecule has 0 aromatic heterocycles. The third-order valence-corrected chi connectivity index (χ3v) is 1.87.